The lowest BCUT2D eigenvalue weighted by Crippen LogP contribution is -2.07. The summed E-state index contributed by atoms with van der Waals surface area (Å²) in [7, 11) is 0. The molecule has 0 aromatic carbocycles. The Kier molecular flexibility index (Phi) is 2.73. The maximum atomic E-state index is 13.7. The Morgan fingerprint density at radius 1 is 1.24 bits per heavy atom. The fourth-order valence-electron chi connectivity index (χ4n) is 1.21. The van der Waals surface area contributed by atoms with Crippen molar-refractivity contribution in [2.75, 3.05) is 0 Å². The normalized spacial score (nSPS) is 10.2. The van der Waals surface area contributed by atoms with Gasteiger partial charge in [0.2, 0.25) is 0 Å². The lowest BCUT2D eigenvalue weighted by atomic mass is 10.2. The maximum absolute atomic E-state index is 13.7. The molecule has 2 rings (SSSR count). The Hall–Kier alpha value is -2.44. The summed E-state index contributed by atoms with van der Waals surface area (Å²) in [6, 6.07) is 0. The molecule has 6 nitrogen and oxygen atoms in total. The molecule has 0 fully saturated rings. The molecule has 0 bridgehead atoms. The fraction of sp³-hybridized carbons (Fsp3) is 0.100. The molecule has 17 heavy (non-hydrogen) atoms. The SMILES string of the molecule is Cc1cnc(-c2ncnc(C(=O)O)c2F)cn1. The number of rotatable bonds is 2. The summed E-state index contributed by atoms with van der Waals surface area (Å²) in [6.07, 6.45) is 3.74. The highest BCUT2D eigenvalue weighted by molar-refractivity contribution is 5.86. The van der Waals surface area contributed by atoms with Crippen molar-refractivity contribution in [3.63, 3.8) is 0 Å². The second kappa shape index (κ2) is 4.20. The lowest BCUT2D eigenvalue weighted by molar-refractivity contribution is 0.0684. The van der Waals surface area contributed by atoms with Crippen molar-refractivity contribution in [2.45, 2.75) is 6.92 Å². The third-order valence-corrected chi connectivity index (χ3v) is 2.02. The summed E-state index contributed by atoms with van der Waals surface area (Å²) in [5.41, 5.74) is -0.0260. The van der Waals surface area contributed by atoms with Crippen LogP contribution in [0, 0.1) is 12.7 Å². The molecule has 1 N–H and O–H groups in total. The quantitative estimate of drug-likeness (QED) is 0.836. The zero-order chi connectivity index (χ0) is 12.4. The van der Waals surface area contributed by atoms with E-state index < -0.39 is 17.5 Å². The van der Waals surface area contributed by atoms with Crippen LogP contribution in [0.3, 0.4) is 0 Å². The van der Waals surface area contributed by atoms with Crippen LogP contribution in [0.25, 0.3) is 11.4 Å². The summed E-state index contributed by atoms with van der Waals surface area (Å²) in [5.74, 6) is -2.47. The van der Waals surface area contributed by atoms with Crippen LogP contribution in [-0.4, -0.2) is 31.0 Å². The number of aryl methyl sites for hydroxylation is 1. The van der Waals surface area contributed by atoms with E-state index in [-0.39, 0.29) is 11.4 Å². The molecule has 2 aromatic heterocycles. The van der Waals surface area contributed by atoms with Gasteiger partial charge >= 0.3 is 5.97 Å². The summed E-state index contributed by atoms with van der Waals surface area (Å²) in [4.78, 5) is 25.6. The first-order valence-corrected chi connectivity index (χ1v) is 4.62. The summed E-state index contributed by atoms with van der Waals surface area (Å²) in [5, 5.41) is 8.71. The molecule has 0 aliphatic carbocycles. The maximum Gasteiger partial charge on any atom is 0.357 e. The van der Waals surface area contributed by atoms with E-state index in [4.69, 9.17) is 5.11 Å². The van der Waals surface area contributed by atoms with Crippen LogP contribution in [0.5, 0.6) is 0 Å². The second-order valence-electron chi connectivity index (χ2n) is 3.23. The minimum atomic E-state index is -1.45. The number of halogens is 1. The number of hydrogen-bond acceptors (Lipinski definition) is 5. The monoisotopic (exact) mass is 234 g/mol. The van der Waals surface area contributed by atoms with Gasteiger partial charge in [0.25, 0.3) is 0 Å². The molecular weight excluding hydrogens is 227 g/mol. The second-order valence-corrected chi connectivity index (χ2v) is 3.23. The Morgan fingerprint density at radius 3 is 2.59 bits per heavy atom. The first kappa shape index (κ1) is 11.1. The van der Waals surface area contributed by atoms with Crippen molar-refractivity contribution in [1.29, 1.82) is 0 Å². The number of carbonyl (C=O) groups is 1. The predicted octanol–water partition coefficient (Wildman–Crippen LogP) is 1.08. The van der Waals surface area contributed by atoms with Crippen molar-refractivity contribution >= 4 is 5.97 Å². The molecule has 0 radical (unpaired) electrons. The van der Waals surface area contributed by atoms with Gasteiger partial charge in [-0.15, -0.1) is 0 Å². The van der Waals surface area contributed by atoms with Crippen molar-refractivity contribution in [3.05, 3.63) is 35.9 Å². The van der Waals surface area contributed by atoms with E-state index in [9.17, 15) is 9.18 Å². The van der Waals surface area contributed by atoms with Gasteiger partial charge in [0, 0.05) is 6.20 Å². The lowest BCUT2D eigenvalue weighted by Gasteiger charge is -2.02. The topological polar surface area (TPSA) is 88.9 Å². The van der Waals surface area contributed by atoms with E-state index in [1.807, 2.05) is 0 Å². The minimum Gasteiger partial charge on any atom is -0.476 e. The Balaban J connectivity index is 2.56. The predicted molar refractivity (Wildman–Crippen MR) is 54.7 cm³/mol. The molecule has 0 spiro atoms. The largest absolute Gasteiger partial charge is 0.476 e. The molecule has 0 unspecified atom stereocenters. The molecule has 0 atom stereocenters. The van der Waals surface area contributed by atoms with Crippen LogP contribution in [0.2, 0.25) is 0 Å². The average Bonchev–Trinajstić information content (AvgIpc) is 2.30. The molecule has 86 valence electrons. The Labute approximate surface area is 95.2 Å². The number of hydrogen-bond donors (Lipinski definition) is 1. The van der Waals surface area contributed by atoms with Gasteiger partial charge in [0.1, 0.15) is 17.7 Å². The highest BCUT2D eigenvalue weighted by Gasteiger charge is 2.18. The number of nitrogens with zero attached hydrogens (tertiary/aromatic N) is 4. The average molecular weight is 234 g/mol. The highest BCUT2D eigenvalue weighted by Crippen LogP contribution is 2.18. The van der Waals surface area contributed by atoms with Gasteiger partial charge in [0.05, 0.1) is 11.9 Å². The smallest absolute Gasteiger partial charge is 0.357 e. The van der Waals surface area contributed by atoms with E-state index in [0.29, 0.717) is 5.69 Å². The number of carboxylic acids is 1. The van der Waals surface area contributed by atoms with Crippen molar-refractivity contribution in [3.8, 4) is 11.4 Å². The summed E-state index contributed by atoms with van der Waals surface area (Å²) >= 11 is 0. The number of aromatic nitrogens is 4. The zero-order valence-corrected chi connectivity index (χ0v) is 8.75. The van der Waals surface area contributed by atoms with Gasteiger partial charge < -0.3 is 5.11 Å². The van der Waals surface area contributed by atoms with Gasteiger partial charge in [-0.1, -0.05) is 0 Å². The Morgan fingerprint density at radius 2 is 2.00 bits per heavy atom. The van der Waals surface area contributed by atoms with Gasteiger partial charge in [-0.05, 0) is 6.92 Å². The van der Waals surface area contributed by atoms with Crippen LogP contribution in [-0.2, 0) is 0 Å². The van der Waals surface area contributed by atoms with Gasteiger partial charge in [-0.2, -0.15) is 0 Å². The zero-order valence-electron chi connectivity index (χ0n) is 8.75. The minimum absolute atomic E-state index is 0.165. The van der Waals surface area contributed by atoms with Crippen LogP contribution in [0.4, 0.5) is 4.39 Å². The van der Waals surface area contributed by atoms with Gasteiger partial charge in [-0.25, -0.2) is 19.2 Å². The Bertz CT molecular complexity index is 571. The third-order valence-electron chi connectivity index (χ3n) is 2.02. The van der Waals surface area contributed by atoms with Crippen LogP contribution in [0.1, 0.15) is 16.2 Å². The standard InChI is InChI=1S/C10H7FN4O2/c1-5-2-13-6(3-12-5)8-7(11)9(10(16)17)15-4-14-8/h2-4H,1H3,(H,16,17). The molecular formula is C10H7FN4O2. The first-order chi connectivity index (χ1) is 8.09. The highest BCUT2D eigenvalue weighted by atomic mass is 19.1. The van der Waals surface area contributed by atoms with Crippen LogP contribution in [0.15, 0.2) is 18.7 Å². The van der Waals surface area contributed by atoms with E-state index in [1.165, 1.54) is 12.4 Å². The molecule has 0 amide bonds. The molecule has 2 heterocycles. The first-order valence-electron chi connectivity index (χ1n) is 4.62. The van der Waals surface area contributed by atoms with E-state index in [2.05, 4.69) is 19.9 Å². The molecule has 0 aliphatic rings. The number of aromatic carboxylic acids is 1. The number of carboxylic acid groups (broad SMARTS) is 1. The van der Waals surface area contributed by atoms with Gasteiger partial charge in [-0.3, -0.25) is 9.97 Å². The van der Waals surface area contributed by atoms with Crippen LogP contribution < -0.4 is 0 Å². The van der Waals surface area contributed by atoms with Crippen LogP contribution >= 0.6 is 0 Å². The molecule has 7 heteroatoms. The van der Waals surface area contributed by atoms with Crippen molar-refractivity contribution < 1.29 is 14.3 Å². The molecule has 0 saturated carbocycles. The van der Waals surface area contributed by atoms with Gasteiger partial charge in [0.15, 0.2) is 11.5 Å². The van der Waals surface area contributed by atoms with E-state index >= 15 is 0 Å². The molecule has 0 aliphatic heterocycles. The summed E-state index contributed by atoms with van der Waals surface area (Å²) in [6.45, 7) is 1.73. The third kappa shape index (κ3) is 2.07. The van der Waals surface area contributed by atoms with Crippen molar-refractivity contribution in [1.82, 2.24) is 19.9 Å². The van der Waals surface area contributed by atoms with Crippen molar-refractivity contribution in [2.24, 2.45) is 0 Å². The molecule has 2 aromatic rings. The van der Waals surface area contributed by atoms with E-state index in [1.54, 1.807) is 6.92 Å². The van der Waals surface area contributed by atoms with E-state index in [0.717, 1.165) is 6.33 Å². The summed E-state index contributed by atoms with van der Waals surface area (Å²) < 4.78 is 13.7. The fourth-order valence-corrected chi connectivity index (χ4v) is 1.21. The molecule has 0 saturated heterocycles.